The first-order valence-electron chi connectivity index (χ1n) is 6.29. The molecule has 0 aliphatic carbocycles. The minimum absolute atomic E-state index is 0.00684. The van der Waals surface area contributed by atoms with Gasteiger partial charge in [-0.25, -0.2) is 4.79 Å². The Kier molecular flexibility index (Phi) is 4.18. The van der Waals surface area contributed by atoms with Gasteiger partial charge in [-0.3, -0.25) is 4.79 Å². The minimum atomic E-state index is -0.632. The van der Waals surface area contributed by atoms with Gasteiger partial charge in [0.2, 0.25) is 0 Å². The third-order valence-electron chi connectivity index (χ3n) is 2.81. The lowest BCUT2D eigenvalue weighted by Crippen LogP contribution is -2.08. The number of phenolic OH excluding ortho intramolecular Hbond substituents is 1. The monoisotopic (exact) mass is 282 g/mol. The summed E-state index contributed by atoms with van der Waals surface area (Å²) in [6, 6.07) is 12.9. The zero-order valence-corrected chi connectivity index (χ0v) is 11.5. The Morgan fingerprint density at radius 3 is 2.29 bits per heavy atom. The van der Waals surface area contributed by atoms with Crippen molar-refractivity contribution in [2.45, 2.75) is 6.92 Å². The third kappa shape index (κ3) is 3.36. The van der Waals surface area contributed by atoms with Gasteiger partial charge in [-0.15, -0.1) is 0 Å². The lowest BCUT2D eigenvalue weighted by molar-refractivity contribution is -0.130. The summed E-state index contributed by atoms with van der Waals surface area (Å²) in [5, 5.41) is 9.86. The van der Waals surface area contributed by atoms with E-state index in [1.54, 1.807) is 24.3 Å². The molecule has 0 bridgehead atoms. The van der Waals surface area contributed by atoms with Crippen molar-refractivity contribution in [2.75, 3.05) is 0 Å². The van der Waals surface area contributed by atoms with Gasteiger partial charge in [0.25, 0.3) is 0 Å². The van der Waals surface area contributed by atoms with Crippen LogP contribution in [0.1, 0.15) is 22.8 Å². The van der Waals surface area contributed by atoms with Crippen molar-refractivity contribution >= 4 is 11.8 Å². The Balaban J connectivity index is 2.25. The van der Waals surface area contributed by atoms with E-state index in [0.29, 0.717) is 11.1 Å². The molecule has 0 atom stereocenters. The molecule has 0 aliphatic rings. The number of carbonyl (C=O) groups excluding carboxylic acids is 2. The topological polar surface area (TPSA) is 63.6 Å². The third-order valence-corrected chi connectivity index (χ3v) is 2.81. The van der Waals surface area contributed by atoms with Crippen molar-refractivity contribution in [3.8, 4) is 11.5 Å². The number of ketones is 1. The van der Waals surface area contributed by atoms with E-state index in [1.807, 2.05) is 6.07 Å². The first-order valence-corrected chi connectivity index (χ1v) is 6.29. The molecule has 1 N–H and O–H groups in total. The first-order chi connectivity index (χ1) is 9.99. The van der Waals surface area contributed by atoms with Crippen LogP contribution >= 0.6 is 0 Å². The average Bonchev–Trinajstić information content (AvgIpc) is 2.49. The van der Waals surface area contributed by atoms with E-state index in [0.717, 1.165) is 0 Å². The average molecular weight is 282 g/mol. The molecule has 106 valence electrons. The van der Waals surface area contributed by atoms with Crippen molar-refractivity contribution in [1.29, 1.82) is 0 Å². The van der Waals surface area contributed by atoms with Gasteiger partial charge in [0.1, 0.15) is 0 Å². The van der Waals surface area contributed by atoms with E-state index < -0.39 is 5.97 Å². The summed E-state index contributed by atoms with van der Waals surface area (Å²) >= 11 is 0. The van der Waals surface area contributed by atoms with Gasteiger partial charge in [0.05, 0.1) is 0 Å². The number of hydrogen-bond acceptors (Lipinski definition) is 4. The molecule has 2 aromatic carbocycles. The van der Waals surface area contributed by atoms with Gasteiger partial charge in [-0.2, -0.15) is 0 Å². The summed E-state index contributed by atoms with van der Waals surface area (Å²) < 4.78 is 4.95. The molecule has 4 heteroatoms. The number of benzene rings is 2. The predicted molar refractivity (Wildman–Crippen MR) is 78.4 cm³/mol. The van der Waals surface area contributed by atoms with E-state index in [9.17, 15) is 14.7 Å². The summed E-state index contributed by atoms with van der Waals surface area (Å²) in [6.07, 6.45) is 0. The standard InChI is InChI=1S/C17H14O4/c1-11(2)17(20)21-15-9-8-13(10-14(15)18)16(19)12-6-4-3-5-7-12/h3-10,18H,1H2,2H3. The van der Waals surface area contributed by atoms with E-state index in [-0.39, 0.29) is 22.9 Å². The van der Waals surface area contributed by atoms with Gasteiger partial charge in [-0.1, -0.05) is 36.9 Å². The summed E-state index contributed by atoms with van der Waals surface area (Å²) in [4.78, 5) is 23.6. The van der Waals surface area contributed by atoms with E-state index in [4.69, 9.17) is 4.74 Å². The van der Waals surface area contributed by atoms with Crippen LogP contribution in [0.3, 0.4) is 0 Å². The van der Waals surface area contributed by atoms with Crippen LogP contribution in [0.15, 0.2) is 60.7 Å². The lowest BCUT2D eigenvalue weighted by atomic mass is 10.0. The summed E-state index contributed by atoms with van der Waals surface area (Å²) in [6.45, 7) is 4.96. The molecule has 0 saturated carbocycles. The zero-order valence-electron chi connectivity index (χ0n) is 11.5. The van der Waals surface area contributed by atoms with E-state index in [1.165, 1.54) is 25.1 Å². The molecular formula is C17H14O4. The number of carbonyl (C=O) groups is 2. The van der Waals surface area contributed by atoms with Crippen LogP contribution in [-0.4, -0.2) is 16.9 Å². The molecule has 0 spiro atoms. The van der Waals surface area contributed by atoms with Crippen molar-refractivity contribution in [3.63, 3.8) is 0 Å². The Hall–Kier alpha value is -2.88. The molecule has 0 amide bonds. The molecule has 0 unspecified atom stereocenters. The van der Waals surface area contributed by atoms with Crippen LogP contribution in [0.2, 0.25) is 0 Å². The maximum Gasteiger partial charge on any atom is 0.338 e. The van der Waals surface area contributed by atoms with Gasteiger partial charge < -0.3 is 9.84 Å². The number of aromatic hydroxyl groups is 1. The number of esters is 1. The molecule has 0 radical (unpaired) electrons. The maximum atomic E-state index is 12.2. The Morgan fingerprint density at radius 1 is 1.05 bits per heavy atom. The van der Waals surface area contributed by atoms with Crippen molar-refractivity contribution in [3.05, 3.63) is 71.8 Å². The maximum absolute atomic E-state index is 12.2. The van der Waals surface area contributed by atoms with E-state index >= 15 is 0 Å². The summed E-state index contributed by atoms with van der Waals surface area (Å²) in [5.74, 6) is -1.13. The fraction of sp³-hybridized carbons (Fsp3) is 0.0588. The summed E-state index contributed by atoms with van der Waals surface area (Å²) in [5.41, 5.74) is 1.05. The molecule has 2 rings (SSSR count). The molecule has 2 aromatic rings. The van der Waals surface area contributed by atoms with Gasteiger partial charge in [0, 0.05) is 16.7 Å². The summed E-state index contributed by atoms with van der Waals surface area (Å²) in [7, 11) is 0. The van der Waals surface area contributed by atoms with Crippen molar-refractivity contribution in [1.82, 2.24) is 0 Å². The van der Waals surface area contributed by atoms with Crippen LogP contribution in [0.4, 0.5) is 0 Å². The fourth-order valence-corrected chi connectivity index (χ4v) is 1.69. The number of hydrogen-bond donors (Lipinski definition) is 1. The molecule has 0 fully saturated rings. The Bertz CT molecular complexity index is 702. The largest absolute Gasteiger partial charge is 0.504 e. The Labute approximate surface area is 122 Å². The minimum Gasteiger partial charge on any atom is -0.504 e. The number of rotatable bonds is 4. The molecule has 4 nitrogen and oxygen atoms in total. The highest BCUT2D eigenvalue weighted by Crippen LogP contribution is 2.28. The fourth-order valence-electron chi connectivity index (χ4n) is 1.69. The first kappa shape index (κ1) is 14.5. The smallest absolute Gasteiger partial charge is 0.338 e. The normalized spacial score (nSPS) is 9.95. The second kappa shape index (κ2) is 6.05. The quantitative estimate of drug-likeness (QED) is 0.405. The highest BCUT2D eigenvalue weighted by atomic mass is 16.5. The molecule has 0 heterocycles. The second-order valence-electron chi connectivity index (χ2n) is 4.55. The highest BCUT2D eigenvalue weighted by Gasteiger charge is 2.14. The van der Waals surface area contributed by atoms with Gasteiger partial charge in [-0.05, 0) is 25.1 Å². The van der Waals surface area contributed by atoms with Crippen LogP contribution in [-0.2, 0) is 4.79 Å². The van der Waals surface area contributed by atoms with Crippen LogP contribution < -0.4 is 4.74 Å². The number of phenols is 1. The van der Waals surface area contributed by atoms with Crippen molar-refractivity contribution in [2.24, 2.45) is 0 Å². The zero-order chi connectivity index (χ0) is 15.4. The molecule has 0 saturated heterocycles. The van der Waals surface area contributed by atoms with E-state index in [2.05, 4.69) is 6.58 Å². The highest BCUT2D eigenvalue weighted by molar-refractivity contribution is 6.09. The van der Waals surface area contributed by atoms with Gasteiger partial charge >= 0.3 is 5.97 Å². The van der Waals surface area contributed by atoms with Crippen LogP contribution in [0.5, 0.6) is 11.5 Å². The van der Waals surface area contributed by atoms with Gasteiger partial charge in [0.15, 0.2) is 17.3 Å². The molecule has 0 aliphatic heterocycles. The molecule has 21 heavy (non-hydrogen) atoms. The Morgan fingerprint density at radius 2 is 1.71 bits per heavy atom. The van der Waals surface area contributed by atoms with Crippen LogP contribution in [0, 0.1) is 0 Å². The lowest BCUT2D eigenvalue weighted by Gasteiger charge is -2.07. The molecular weight excluding hydrogens is 268 g/mol. The second-order valence-corrected chi connectivity index (χ2v) is 4.55. The predicted octanol–water partition coefficient (Wildman–Crippen LogP) is 3.10. The SMILES string of the molecule is C=C(C)C(=O)Oc1ccc(C(=O)c2ccccc2)cc1O. The van der Waals surface area contributed by atoms with Crippen LogP contribution in [0.25, 0.3) is 0 Å². The molecule has 0 aromatic heterocycles. The van der Waals surface area contributed by atoms with Crippen molar-refractivity contribution < 1.29 is 19.4 Å². The number of ether oxygens (including phenoxy) is 1.